The largest absolute Gasteiger partial charge is 0.417 e. The van der Waals surface area contributed by atoms with Gasteiger partial charge in [-0.25, -0.2) is 8.78 Å². The molecule has 0 spiro atoms. The van der Waals surface area contributed by atoms with Gasteiger partial charge in [-0.05, 0) is 67.9 Å². The standard InChI is InChI=1S/C29H25F5N8O/c30-19-6-7-21(23(31)10-19)25-22-11-20(38-40-27(22)37-26(25)17-4-5-17)3-1-2-8-42-15-24(39-41-42)28(43)36-13-16-9-18(14-35-12-16)29(32,33)34/h6-7,9-12,14-15,17H,1-5,8,13H2,(H,36,43)(H,37,40). The highest BCUT2D eigenvalue weighted by Gasteiger charge is 2.32. The number of hydrogen-bond acceptors (Lipinski definition) is 6. The van der Waals surface area contributed by atoms with Crippen molar-refractivity contribution >= 4 is 16.9 Å². The van der Waals surface area contributed by atoms with Crippen LogP contribution in [-0.4, -0.2) is 41.1 Å². The molecule has 222 valence electrons. The minimum atomic E-state index is -4.52. The third-order valence-electron chi connectivity index (χ3n) is 7.24. The smallest absolute Gasteiger partial charge is 0.346 e. The van der Waals surface area contributed by atoms with Crippen LogP contribution in [0, 0.1) is 11.6 Å². The van der Waals surface area contributed by atoms with Crippen LogP contribution in [-0.2, 0) is 25.7 Å². The van der Waals surface area contributed by atoms with Crippen LogP contribution in [0.1, 0.15) is 64.6 Å². The molecule has 2 N–H and O–H groups in total. The first kappa shape index (κ1) is 28.4. The van der Waals surface area contributed by atoms with E-state index in [-0.39, 0.29) is 23.7 Å². The highest BCUT2D eigenvalue weighted by molar-refractivity contribution is 5.96. The van der Waals surface area contributed by atoms with Crippen LogP contribution in [0.15, 0.2) is 48.9 Å². The van der Waals surface area contributed by atoms with Crippen LogP contribution in [0.2, 0.25) is 0 Å². The average molecular weight is 597 g/mol. The number of hydrogen-bond donors (Lipinski definition) is 2. The topological polar surface area (TPSA) is 114 Å². The van der Waals surface area contributed by atoms with Gasteiger partial charge in [0.1, 0.15) is 11.6 Å². The lowest BCUT2D eigenvalue weighted by Crippen LogP contribution is -2.23. The van der Waals surface area contributed by atoms with Gasteiger partial charge in [-0.3, -0.25) is 14.5 Å². The van der Waals surface area contributed by atoms with E-state index in [4.69, 9.17) is 0 Å². The summed E-state index contributed by atoms with van der Waals surface area (Å²) in [6, 6.07) is 6.40. The number of fused-ring (bicyclic) bond motifs is 1. The van der Waals surface area contributed by atoms with Gasteiger partial charge >= 0.3 is 6.18 Å². The van der Waals surface area contributed by atoms with E-state index in [1.54, 1.807) is 0 Å². The molecule has 5 aromatic rings. The second kappa shape index (κ2) is 11.5. The summed E-state index contributed by atoms with van der Waals surface area (Å²) >= 11 is 0. The molecule has 1 saturated carbocycles. The number of aromatic nitrogens is 7. The van der Waals surface area contributed by atoms with Gasteiger partial charge in [-0.15, -0.1) is 10.2 Å². The highest BCUT2D eigenvalue weighted by atomic mass is 19.4. The van der Waals surface area contributed by atoms with E-state index in [0.717, 1.165) is 47.9 Å². The molecule has 9 nitrogen and oxygen atoms in total. The normalized spacial score (nSPS) is 13.5. The van der Waals surface area contributed by atoms with E-state index >= 15 is 0 Å². The first-order valence-electron chi connectivity index (χ1n) is 13.7. The van der Waals surface area contributed by atoms with Crippen LogP contribution in [0.5, 0.6) is 0 Å². The number of nitrogens with one attached hydrogen (secondary N) is 2. The van der Waals surface area contributed by atoms with Crippen molar-refractivity contribution in [3.8, 4) is 11.1 Å². The van der Waals surface area contributed by atoms with Gasteiger partial charge in [0.2, 0.25) is 0 Å². The van der Waals surface area contributed by atoms with Crippen molar-refractivity contribution in [3.05, 3.63) is 88.8 Å². The number of halogens is 5. The lowest BCUT2D eigenvalue weighted by molar-refractivity contribution is -0.137. The van der Waals surface area contributed by atoms with Crippen molar-refractivity contribution in [1.29, 1.82) is 0 Å². The third kappa shape index (κ3) is 6.37. The second-order valence-corrected chi connectivity index (χ2v) is 10.5. The van der Waals surface area contributed by atoms with Crippen LogP contribution >= 0.6 is 0 Å². The summed E-state index contributed by atoms with van der Waals surface area (Å²) in [6.07, 6.45) is 2.87. The zero-order valence-corrected chi connectivity index (χ0v) is 22.6. The maximum atomic E-state index is 14.8. The van der Waals surface area contributed by atoms with Gasteiger partial charge in [0, 0.05) is 53.8 Å². The molecular formula is C29H25F5N8O. The Morgan fingerprint density at radius 1 is 1.05 bits per heavy atom. The zero-order valence-electron chi connectivity index (χ0n) is 22.6. The zero-order chi connectivity index (χ0) is 30.1. The molecule has 4 aromatic heterocycles. The van der Waals surface area contributed by atoms with Gasteiger partial charge in [-0.2, -0.15) is 18.3 Å². The Morgan fingerprint density at radius 3 is 2.65 bits per heavy atom. The van der Waals surface area contributed by atoms with E-state index in [2.05, 4.69) is 35.8 Å². The number of nitrogens with zero attached hydrogens (tertiary/aromatic N) is 6. The van der Waals surface area contributed by atoms with Crippen LogP contribution in [0.3, 0.4) is 0 Å². The van der Waals surface area contributed by atoms with E-state index in [1.165, 1.54) is 29.2 Å². The van der Waals surface area contributed by atoms with Gasteiger partial charge in [0.25, 0.3) is 5.91 Å². The van der Waals surface area contributed by atoms with Crippen molar-refractivity contribution in [2.24, 2.45) is 0 Å². The number of H-pyrrole nitrogens is 1. The highest BCUT2D eigenvalue weighted by Crippen LogP contribution is 2.47. The average Bonchev–Trinajstić information content (AvgIpc) is 3.60. The molecule has 1 aliphatic rings. The van der Waals surface area contributed by atoms with E-state index < -0.39 is 29.3 Å². The van der Waals surface area contributed by atoms with Crippen molar-refractivity contribution in [1.82, 2.24) is 40.5 Å². The summed E-state index contributed by atoms with van der Waals surface area (Å²) < 4.78 is 68.5. The number of benzene rings is 1. The number of alkyl halides is 3. The number of carbonyl (C=O) groups excluding carboxylic acids is 1. The molecule has 0 bridgehead atoms. The minimum Gasteiger partial charge on any atom is -0.346 e. The maximum Gasteiger partial charge on any atom is 0.417 e. The molecule has 0 unspecified atom stereocenters. The molecule has 1 aromatic carbocycles. The third-order valence-corrected chi connectivity index (χ3v) is 7.24. The number of unbranched alkanes of at least 4 members (excludes halogenated alkanes) is 1. The predicted molar refractivity (Wildman–Crippen MR) is 145 cm³/mol. The van der Waals surface area contributed by atoms with Crippen LogP contribution in [0.4, 0.5) is 22.0 Å². The number of aryl methyl sites for hydroxylation is 2. The Balaban J connectivity index is 1.05. The SMILES string of the molecule is O=C(NCc1cncc(C(F)(F)F)c1)c1cn(CCCCc2cc3c(-c4ccc(F)cc4F)c(C4CC4)[nH]c3nn2)nn1. The lowest BCUT2D eigenvalue weighted by Gasteiger charge is -2.08. The van der Waals surface area contributed by atoms with Gasteiger partial charge in [-0.1, -0.05) is 5.21 Å². The Labute approximate surface area is 241 Å². The summed E-state index contributed by atoms with van der Waals surface area (Å²) in [5.74, 6) is -1.56. The Bertz CT molecular complexity index is 1790. The van der Waals surface area contributed by atoms with E-state index in [0.29, 0.717) is 42.6 Å². The fourth-order valence-corrected chi connectivity index (χ4v) is 4.94. The molecule has 0 atom stereocenters. The van der Waals surface area contributed by atoms with Gasteiger partial charge < -0.3 is 10.3 Å². The molecule has 0 saturated heterocycles. The molecule has 1 fully saturated rings. The summed E-state index contributed by atoms with van der Waals surface area (Å²) in [5.41, 5.74) is 2.54. The first-order valence-corrected chi connectivity index (χ1v) is 13.7. The number of amides is 1. The molecule has 1 amide bonds. The lowest BCUT2D eigenvalue weighted by atomic mass is 9.99. The molecule has 6 rings (SSSR count). The molecule has 43 heavy (non-hydrogen) atoms. The Morgan fingerprint density at radius 2 is 1.88 bits per heavy atom. The summed E-state index contributed by atoms with van der Waals surface area (Å²) in [4.78, 5) is 19.3. The van der Waals surface area contributed by atoms with Gasteiger partial charge in [0.15, 0.2) is 11.3 Å². The van der Waals surface area contributed by atoms with Crippen molar-refractivity contribution in [2.75, 3.05) is 0 Å². The molecule has 1 aliphatic carbocycles. The summed E-state index contributed by atoms with van der Waals surface area (Å²) in [5, 5.41) is 19.7. The van der Waals surface area contributed by atoms with Crippen molar-refractivity contribution < 1.29 is 26.7 Å². The molecule has 4 heterocycles. The number of rotatable bonds is 10. The number of carbonyl (C=O) groups is 1. The Kier molecular flexibility index (Phi) is 7.59. The minimum absolute atomic E-state index is 0.0377. The number of pyridine rings is 1. The molecule has 0 radical (unpaired) electrons. The predicted octanol–water partition coefficient (Wildman–Crippen LogP) is 5.74. The monoisotopic (exact) mass is 596 g/mol. The fourth-order valence-electron chi connectivity index (χ4n) is 4.94. The fraction of sp³-hybridized carbons (Fsp3) is 0.310. The van der Waals surface area contributed by atoms with Crippen LogP contribution < -0.4 is 5.32 Å². The van der Waals surface area contributed by atoms with E-state index in [1.807, 2.05) is 6.07 Å². The van der Waals surface area contributed by atoms with Gasteiger partial charge in [0.05, 0.1) is 17.5 Å². The summed E-state index contributed by atoms with van der Waals surface area (Å²) in [6.45, 7) is 0.322. The summed E-state index contributed by atoms with van der Waals surface area (Å²) in [7, 11) is 0. The quantitative estimate of drug-likeness (QED) is 0.157. The molecule has 0 aliphatic heterocycles. The van der Waals surface area contributed by atoms with Crippen LogP contribution in [0.25, 0.3) is 22.2 Å². The maximum absolute atomic E-state index is 14.8. The second-order valence-electron chi connectivity index (χ2n) is 10.5. The molecule has 14 heteroatoms. The first-order chi connectivity index (χ1) is 20.7. The van der Waals surface area contributed by atoms with Crippen molar-refractivity contribution in [3.63, 3.8) is 0 Å². The van der Waals surface area contributed by atoms with E-state index in [9.17, 15) is 26.7 Å². The van der Waals surface area contributed by atoms with Crippen molar-refractivity contribution in [2.45, 2.75) is 57.3 Å². The Hall–Kier alpha value is -4.75. The number of aromatic amines is 1. The molecular weight excluding hydrogens is 571 g/mol.